The van der Waals surface area contributed by atoms with Crippen molar-refractivity contribution in [1.82, 2.24) is 0 Å². The third-order valence-electron chi connectivity index (χ3n) is 2.74. The van der Waals surface area contributed by atoms with Crippen LogP contribution in [-0.2, 0) is 9.84 Å². The van der Waals surface area contributed by atoms with E-state index in [2.05, 4.69) is 15.9 Å². The Kier molecular flexibility index (Phi) is 4.01. The maximum atomic E-state index is 12.1. The normalized spacial score (nSPS) is 11.3. The summed E-state index contributed by atoms with van der Waals surface area (Å²) >= 11 is 3.13. The number of furan rings is 1. The minimum Gasteiger partial charge on any atom is -0.444 e. The molecule has 1 aromatic carbocycles. The number of nitrogens with zero attached hydrogens (tertiary/aromatic N) is 1. The number of amides is 1. The maximum Gasteiger partial charge on any atom is 0.293 e. The van der Waals surface area contributed by atoms with E-state index in [9.17, 15) is 13.2 Å². The van der Waals surface area contributed by atoms with Crippen molar-refractivity contribution < 1.29 is 17.6 Å². The highest BCUT2D eigenvalue weighted by Gasteiger charge is 2.17. The van der Waals surface area contributed by atoms with Gasteiger partial charge >= 0.3 is 0 Å². The predicted octanol–water partition coefficient (Wildman–Crippen LogP) is 2.72. The van der Waals surface area contributed by atoms with E-state index in [0.717, 1.165) is 6.26 Å². The van der Waals surface area contributed by atoms with Crippen molar-refractivity contribution >= 4 is 37.4 Å². The molecular formula is C13H12BrNO4S. The molecule has 2 aromatic rings. The number of hydrogen-bond acceptors (Lipinski definition) is 4. The molecule has 1 amide bonds. The van der Waals surface area contributed by atoms with Crippen molar-refractivity contribution in [3.63, 3.8) is 0 Å². The average molecular weight is 358 g/mol. The summed E-state index contributed by atoms with van der Waals surface area (Å²) < 4.78 is 28.4. The van der Waals surface area contributed by atoms with E-state index in [-0.39, 0.29) is 16.6 Å². The van der Waals surface area contributed by atoms with Crippen LogP contribution in [0, 0.1) is 0 Å². The van der Waals surface area contributed by atoms with Gasteiger partial charge in [0.2, 0.25) is 0 Å². The molecule has 0 aliphatic rings. The number of sulfone groups is 1. The van der Waals surface area contributed by atoms with Gasteiger partial charge in [0.05, 0.1) is 4.90 Å². The van der Waals surface area contributed by atoms with Gasteiger partial charge in [0.1, 0.15) is 0 Å². The van der Waals surface area contributed by atoms with Gasteiger partial charge in [-0.05, 0) is 52.3 Å². The van der Waals surface area contributed by atoms with Crippen molar-refractivity contribution in [2.24, 2.45) is 0 Å². The van der Waals surface area contributed by atoms with Gasteiger partial charge in [0.15, 0.2) is 20.3 Å². The second-order valence-electron chi connectivity index (χ2n) is 4.23. The average Bonchev–Trinajstić information content (AvgIpc) is 2.83. The third kappa shape index (κ3) is 3.10. The zero-order chi connectivity index (χ0) is 14.9. The summed E-state index contributed by atoms with van der Waals surface area (Å²) in [5.41, 5.74) is 0.579. The van der Waals surface area contributed by atoms with E-state index in [1.807, 2.05) is 0 Å². The zero-order valence-corrected chi connectivity index (χ0v) is 13.2. The molecule has 0 aliphatic carbocycles. The van der Waals surface area contributed by atoms with Gasteiger partial charge < -0.3 is 9.32 Å². The van der Waals surface area contributed by atoms with E-state index >= 15 is 0 Å². The lowest BCUT2D eigenvalue weighted by Crippen LogP contribution is -2.25. The van der Waals surface area contributed by atoms with Gasteiger partial charge in [-0.3, -0.25) is 4.79 Å². The molecule has 1 heterocycles. The van der Waals surface area contributed by atoms with Gasteiger partial charge in [-0.25, -0.2) is 8.42 Å². The molecule has 0 fully saturated rings. The number of halogens is 1. The lowest BCUT2D eigenvalue weighted by Gasteiger charge is -2.16. The Morgan fingerprint density at radius 3 is 2.20 bits per heavy atom. The molecule has 0 unspecified atom stereocenters. The fourth-order valence-corrected chi connectivity index (χ4v) is 2.57. The van der Waals surface area contributed by atoms with E-state index in [1.165, 1.54) is 17.0 Å². The second-order valence-corrected chi connectivity index (χ2v) is 7.03. The Morgan fingerprint density at radius 1 is 1.15 bits per heavy atom. The van der Waals surface area contributed by atoms with Gasteiger partial charge in [0, 0.05) is 19.0 Å². The molecule has 0 N–H and O–H groups in total. The SMILES string of the molecule is CN(C(=O)c1ccc(Br)o1)c1ccc(S(C)(=O)=O)cc1. The molecule has 0 bridgehead atoms. The van der Waals surface area contributed by atoms with Crippen LogP contribution in [0.25, 0.3) is 0 Å². The minimum absolute atomic E-state index is 0.201. The standard InChI is InChI=1S/C13H12BrNO4S/c1-15(13(16)11-7-8-12(14)19-11)9-3-5-10(6-4-9)20(2,17)18/h3-8H,1-2H3. The fourth-order valence-electron chi connectivity index (χ4n) is 1.63. The number of carbonyl (C=O) groups excluding carboxylic acids is 1. The Bertz CT molecular complexity index is 734. The smallest absolute Gasteiger partial charge is 0.293 e. The first-order valence-electron chi connectivity index (χ1n) is 5.62. The van der Waals surface area contributed by atoms with Crippen LogP contribution in [0.2, 0.25) is 0 Å². The van der Waals surface area contributed by atoms with Crippen molar-refractivity contribution in [1.29, 1.82) is 0 Å². The zero-order valence-electron chi connectivity index (χ0n) is 10.8. The lowest BCUT2D eigenvalue weighted by molar-refractivity contribution is 0.0965. The van der Waals surface area contributed by atoms with Gasteiger partial charge in [-0.2, -0.15) is 0 Å². The van der Waals surface area contributed by atoms with Crippen molar-refractivity contribution in [3.05, 3.63) is 46.8 Å². The summed E-state index contributed by atoms with van der Waals surface area (Å²) in [7, 11) is -1.65. The van der Waals surface area contributed by atoms with E-state index < -0.39 is 9.84 Å². The monoisotopic (exact) mass is 357 g/mol. The van der Waals surface area contributed by atoms with Crippen molar-refractivity contribution in [3.8, 4) is 0 Å². The topological polar surface area (TPSA) is 67.6 Å². The maximum absolute atomic E-state index is 12.1. The molecule has 5 nitrogen and oxygen atoms in total. The lowest BCUT2D eigenvalue weighted by atomic mass is 10.3. The molecular weight excluding hydrogens is 346 g/mol. The highest BCUT2D eigenvalue weighted by atomic mass is 79.9. The first-order chi connectivity index (χ1) is 9.29. The molecule has 0 saturated carbocycles. The summed E-state index contributed by atoms with van der Waals surface area (Å²) in [6.45, 7) is 0. The molecule has 1 aromatic heterocycles. The number of hydrogen-bond donors (Lipinski definition) is 0. The molecule has 0 radical (unpaired) electrons. The predicted molar refractivity (Wildman–Crippen MR) is 78.7 cm³/mol. The minimum atomic E-state index is -3.24. The summed E-state index contributed by atoms with van der Waals surface area (Å²) in [4.78, 5) is 13.7. The molecule has 0 atom stereocenters. The molecule has 2 rings (SSSR count). The number of rotatable bonds is 3. The van der Waals surface area contributed by atoms with Crippen LogP contribution in [-0.4, -0.2) is 27.6 Å². The van der Waals surface area contributed by atoms with Crippen LogP contribution in [0.1, 0.15) is 10.6 Å². The van der Waals surface area contributed by atoms with Gasteiger partial charge in [-0.1, -0.05) is 0 Å². The Labute approximate surface area is 125 Å². The van der Waals surface area contributed by atoms with Crippen LogP contribution < -0.4 is 4.90 Å². The summed E-state index contributed by atoms with van der Waals surface area (Å²) in [6.07, 6.45) is 1.14. The fraction of sp³-hybridized carbons (Fsp3) is 0.154. The highest BCUT2D eigenvalue weighted by molar-refractivity contribution is 9.10. The quantitative estimate of drug-likeness (QED) is 0.846. The molecule has 20 heavy (non-hydrogen) atoms. The summed E-state index contributed by atoms with van der Waals surface area (Å²) in [5.74, 6) is -0.116. The van der Waals surface area contributed by atoms with Crippen LogP contribution in [0.5, 0.6) is 0 Å². The van der Waals surface area contributed by atoms with Gasteiger partial charge in [0.25, 0.3) is 5.91 Å². The Morgan fingerprint density at radius 2 is 1.75 bits per heavy atom. The van der Waals surface area contributed by atoms with Crippen molar-refractivity contribution in [2.45, 2.75) is 4.90 Å². The molecule has 0 saturated heterocycles. The number of anilines is 1. The summed E-state index contributed by atoms with van der Waals surface area (Å²) in [5, 5.41) is 0. The van der Waals surface area contributed by atoms with Crippen LogP contribution in [0.4, 0.5) is 5.69 Å². The molecule has 7 heteroatoms. The number of benzene rings is 1. The molecule has 0 spiro atoms. The van der Waals surface area contributed by atoms with Crippen LogP contribution in [0.3, 0.4) is 0 Å². The first kappa shape index (κ1) is 14.8. The second kappa shape index (κ2) is 5.41. The van der Waals surface area contributed by atoms with Gasteiger partial charge in [-0.15, -0.1) is 0 Å². The van der Waals surface area contributed by atoms with Crippen molar-refractivity contribution in [2.75, 3.05) is 18.2 Å². The third-order valence-corrected chi connectivity index (χ3v) is 4.30. The highest BCUT2D eigenvalue weighted by Crippen LogP contribution is 2.21. The number of carbonyl (C=O) groups is 1. The van der Waals surface area contributed by atoms with Crippen LogP contribution >= 0.6 is 15.9 Å². The van der Waals surface area contributed by atoms with E-state index in [0.29, 0.717) is 10.4 Å². The molecule has 106 valence electrons. The molecule has 0 aliphatic heterocycles. The Balaban J connectivity index is 2.25. The Hall–Kier alpha value is -1.60. The summed E-state index contributed by atoms with van der Waals surface area (Å²) in [6, 6.07) is 9.28. The first-order valence-corrected chi connectivity index (χ1v) is 8.31. The van der Waals surface area contributed by atoms with E-state index in [1.54, 1.807) is 31.3 Å². The van der Waals surface area contributed by atoms with E-state index in [4.69, 9.17) is 4.42 Å². The largest absolute Gasteiger partial charge is 0.444 e. The van der Waals surface area contributed by atoms with Crippen LogP contribution in [0.15, 0.2) is 50.4 Å².